The SMILES string of the molecule is CCN(CCNC(C)=O)CCC(C)(C)NC(=O)C(O)CCl. The Bertz CT molecular complexity index is 337. The number of hydrogen-bond donors (Lipinski definition) is 3. The molecule has 1 atom stereocenters. The minimum atomic E-state index is -1.17. The molecule has 0 aliphatic rings. The second kappa shape index (κ2) is 9.97. The van der Waals surface area contributed by atoms with Crippen molar-refractivity contribution in [3.05, 3.63) is 0 Å². The maximum Gasteiger partial charge on any atom is 0.250 e. The van der Waals surface area contributed by atoms with E-state index in [2.05, 4.69) is 22.5 Å². The molecule has 0 heterocycles. The summed E-state index contributed by atoms with van der Waals surface area (Å²) in [7, 11) is 0. The van der Waals surface area contributed by atoms with Crippen molar-refractivity contribution >= 4 is 23.4 Å². The predicted octanol–water partition coefficient (Wildman–Crippen LogP) is 0.329. The Kier molecular flexibility index (Phi) is 9.57. The van der Waals surface area contributed by atoms with Crippen LogP contribution in [0.4, 0.5) is 0 Å². The van der Waals surface area contributed by atoms with Crippen LogP contribution in [0.3, 0.4) is 0 Å². The molecular formula is C14H28ClN3O3. The van der Waals surface area contributed by atoms with Gasteiger partial charge in [-0.2, -0.15) is 0 Å². The van der Waals surface area contributed by atoms with Gasteiger partial charge in [0.2, 0.25) is 11.8 Å². The molecule has 0 fully saturated rings. The third kappa shape index (κ3) is 9.66. The summed E-state index contributed by atoms with van der Waals surface area (Å²) >= 11 is 5.45. The lowest BCUT2D eigenvalue weighted by Gasteiger charge is -2.30. The standard InChI is InChI=1S/C14H28ClN3O3/c1-5-18(9-7-16-11(2)19)8-6-14(3,4)17-13(21)12(20)10-15/h12,20H,5-10H2,1-4H3,(H,16,19)(H,17,21). The Morgan fingerprint density at radius 2 is 1.95 bits per heavy atom. The zero-order valence-corrected chi connectivity index (χ0v) is 14.2. The van der Waals surface area contributed by atoms with E-state index in [1.54, 1.807) is 0 Å². The maximum atomic E-state index is 11.6. The van der Waals surface area contributed by atoms with Crippen LogP contribution in [0, 0.1) is 0 Å². The molecule has 0 bridgehead atoms. The summed E-state index contributed by atoms with van der Waals surface area (Å²) in [5, 5.41) is 14.9. The highest BCUT2D eigenvalue weighted by molar-refractivity contribution is 6.19. The molecule has 0 aromatic rings. The summed E-state index contributed by atoms with van der Waals surface area (Å²) in [5.74, 6) is -0.593. The highest BCUT2D eigenvalue weighted by atomic mass is 35.5. The van der Waals surface area contributed by atoms with Gasteiger partial charge in [-0.15, -0.1) is 11.6 Å². The Morgan fingerprint density at radius 3 is 2.43 bits per heavy atom. The molecule has 0 radical (unpaired) electrons. The van der Waals surface area contributed by atoms with Gasteiger partial charge in [-0.05, 0) is 26.8 Å². The molecule has 124 valence electrons. The molecule has 7 heteroatoms. The van der Waals surface area contributed by atoms with Gasteiger partial charge in [-0.25, -0.2) is 0 Å². The number of aliphatic hydroxyl groups excluding tert-OH is 1. The molecule has 0 aromatic heterocycles. The van der Waals surface area contributed by atoms with Crippen molar-refractivity contribution < 1.29 is 14.7 Å². The lowest BCUT2D eigenvalue weighted by Crippen LogP contribution is -2.50. The molecule has 0 aliphatic heterocycles. The topological polar surface area (TPSA) is 81.7 Å². The zero-order valence-electron chi connectivity index (χ0n) is 13.4. The van der Waals surface area contributed by atoms with Gasteiger partial charge in [0.05, 0.1) is 5.88 Å². The van der Waals surface area contributed by atoms with E-state index in [1.165, 1.54) is 6.92 Å². The number of nitrogens with zero attached hydrogens (tertiary/aromatic N) is 1. The largest absolute Gasteiger partial charge is 0.382 e. The molecule has 21 heavy (non-hydrogen) atoms. The van der Waals surface area contributed by atoms with Gasteiger partial charge in [0.15, 0.2) is 0 Å². The molecule has 0 saturated heterocycles. The Hall–Kier alpha value is -0.850. The van der Waals surface area contributed by atoms with E-state index in [9.17, 15) is 14.7 Å². The van der Waals surface area contributed by atoms with Crippen molar-refractivity contribution in [1.82, 2.24) is 15.5 Å². The average molecular weight is 322 g/mol. The van der Waals surface area contributed by atoms with Crippen LogP contribution in [0.25, 0.3) is 0 Å². The number of hydrogen-bond acceptors (Lipinski definition) is 4. The molecule has 0 rings (SSSR count). The van der Waals surface area contributed by atoms with Crippen molar-refractivity contribution in [2.24, 2.45) is 0 Å². The number of halogens is 1. The van der Waals surface area contributed by atoms with Gasteiger partial charge in [0.25, 0.3) is 0 Å². The Balaban J connectivity index is 4.18. The fraction of sp³-hybridized carbons (Fsp3) is 0.857. The maximum absolute atomic E-state index is 11.6. The molecule has 1 unspecified atom stereocenters. The first-order valence-corrected chi connectivity index (χ1v) is 7.78. The van der Waals surface area contributed by atoms with Crippen LogP contribution in [-0.4, -0.2) is 65.5 Å². The second-order valence-electron chi connectivity index (χ2n) is 5.71. The molecule has 3 N–H and O–H groups in total. The quantitative estimate of drug-likeness (QED) is 0.506. The van der Waals surface area contributed by atoms with E-state index < -0.39 is 17.6 Å². The third-order valence-corrected chi connectivity index (χ3v) is 3.50. The summed E-state index contributed by atoms with van der Waals surface area (Å²) < 4.78 is 0. The zero-order chi connectivity index (χ0) is 16.5. The van der Waals surface area contributed by atoms with Gasteiger partial charge in [0, 0.05) is 32.1 Å². The molecule has 6 nitrogen and oxygen atoms in total. The number of alkyl halides is 1. The number of amides is 2. The monoisotopic (exact) mass is 321 g/mol. The first kappa shape index (κ1) is 20.1. The van der Waals surface area contributed by atoms with Gasteiger partial charge >= 0.3 is 0 Å². The van der Waals surface area contributed by atoms with E-state index in [-0.39, 0.29) is 11.8 Å². The minimum absolute atomic E-state index is 0.0336. The molecule has 0 aliphatic carbocycles. The predicted molar refractivity (Wildman–Crippen MR) is 84.4 cm³/mol. The summed E-state index contributed by atoms with van der Waals surface area (Å²) in [5.41, 5.74) is -0.425. The van der Waals surface area contributed by atoms with Gasteiger partial charge in [0.1, 0.15) is 6.10 Å². The highest BCUT2D eigenvalue weighted by Crippen LogP contribution is 2.10. The van der Waals surface area contributed by atoms with Gasteiger partial charge in [-0.1, -0.05) is 6.92 Å². The Labute approximate surface area is 132 Å². The first-order chi connectivity index (χ1) is 9.71. The molecule has 0 spiro atoms. The number of likely N-dealkylation sites (N-methyl/N-ethyl adjacent to an activating group) is 1. The van der Waals surface area contributed by atoms with E-state index in [4.69, 9.17) is 11.6 Å². The van der Waals surface area contributed by atoms with Crippen molar-refractivity contribution in [2.45, 2.75) is 45.8 Å². The molecule has 0 aromatic carbocycles. The van der Waals surface area contributed by atoms with Crippen LogP contribution in [0.1, 0.15) is 34.1 Å². The van der Waals surface area contributed by atoms with Crippen LogP contribution >= 0.6 is 11.6 Å². The third-order valence-electron chi connectivity index (χ3n) is 3.21. The summed E-state index contributed by atoms with van der Waals surface area (Å²) in [6.45, 7) is 10.4. The number of nitrogens with one attached hydrogen (secondary N) is 2. The van der Waals surface area contributed by atoms with Crippen LogP contribution < -0.4 is 10.6 Å². The number of carbonyl (C=O) groups is 2. The fourth-order valence-electron chi connectivity index (χ4n) is 1.81. The molecule has 2 amide bonds. The van der Waals surface area contributed by atoms with Crippen molar-refractivity contribution in [2.75, 3.05) is 32.1 Å². The van der Waals surface area contributed by atoms with Crippen LogP contribution in [-0.2, 0) is 9.59 Å². The van der Waals surface area contributed by atoms with Gasteiger partial charge in [-0.3, -0.25) is 9.59 Å². The summed E-state index contributed by atoms with van der Waals surface area (Å²) in [4.78, 5) is 24.7. The number of carbonyl (C=O) groups excluding carboxylic acids is 2. The first-order valence-electron chi connectivity index (χ1n) is 7.24. The summed E-state index contributed by atoms with van der Waals surface area (Å²) in [6, 6.07) is 0. The molecular weight excluding hydrogens is 294 g/mol. The van der Waals surface area contributed by atoms with Crippen LogP contribution in [0.15, 0.2) is 0 Å². The lowest BCUT2D eigenvalue weighted by atomic mass is 10.00. The number of aliphatic hydroxyl groups is 1. The van der Waals surface area contributed by atoms with Crippen LogP contribution in [0.2, 0.25) is 0 Å². The average Bonchev–Trinajstić information content (AvgIpc) is 2.40. The lowest BCUT2D eigenvalue weighted by molar-refractivity contribution is -0.130. The smallest absolute Gasteiger partial charge is 0.250 e. The molecule has 0 saturated carbocycles. The van der Waals surface area contributed by atoms with E-state index in [1.807, 2.05) is 13.8 Å². The highest BCUT2D eigenvalue weighted by Gasteiger charge is 2.24. The van der Waals surface area contributed by atoms with Gasteiger partial charge < -0.3 is 20.6 Å². The van der Waals surface area contributed by atoms with E-state index in [0.717, 1.165) is 26.1 Å². The summed E-state index contributed by atoms with van der Waals surface area (Å²) in [6.07, 6.45) is -0.435. The second-order valence-corrected chi connectivity index (χ2v) is 6.02. The van der Waals surface area contributed by atoms with E-state index in [0.29, 0.717) is 6.54 Å². The number of rotatable bonds is 10. The minimum Gasteiger partial charge on any atom is -0.382 e. The van der Waals surface area contributed by atoms with Crippen LogP contribution in [0.5, 0.6) is 0 Å². The van der Waals surface area contributed by atoms with Crippen molar-refractivity contribution in [3.8, 4) is 0 Å². The Morgan fingerprint density at radius 1 is 1.33 bits per heavy atom. The normalized spacial score (nSPS) is 13.1. The van der Waals surface area contributed by atoms with Crippen molar-refractivity contribution in [1.29, 1.82) is 0 Å². The van der Waals surface area contributed by atoms with E-state index >= 15 is 0 Å². The van der Waals surface area contributed by atoms with Crippen molar-refractivity contribution in [3.63, 3.8) is 0 Å². The fourth-order valence-corrected chi connectivity index (χ4v) is 1.95.